The fourth-order valence-corrected chi connectivity index (χ4v) is 2.30. The van der Waals surface area contributed by atoms with E-state index in [1.807, 2.05) is 30.3 Å². The van der Waals surface area contributed by atoms with Gasteiger partial charge in [-0.1, -0.05) is 30.3 Å². The normalized spacial score (nSPS) is 11.0. The van der Waals surface area contributed by atoms with E-state index in [2.05, 4.69) is 4.98 Å². The average molecular weight is 302 g/mol. The first-order chi connectivity index (χ1) is 10.7. The van der Waals surface area contributed by atoms with Crippen LogP contribution in [-0.4, -0.2) is 15.8 Å². The van der Waals surface area contributed by atoms with Gasteiger partial charge in [-0.25, -0.2) is 4.98 Å². The average Bonchev–Trinajstić information content (AvgIpc) is 3.01. The minimum atomic E-state index is -2.68. The van der Waals surface area contributed by atoms with Gasteiger partial charge >= 0.3 is 6.55 Å². The van der Waals surface area contributed by atoms with E-state index in [0.29, 0.717) is 17.6 Å². The first-order valence-electron chi connectivity index (χ1n) is 6.60. The highest BCUT2D eigenvalue weighted by Gasteiger charge is 2.13. The summed E-state index contributed by atoms with van der Waals surface area (Å²) < 4.78 is 31.8. The second-order valence-electron chi connectivity index (χ2n) is 4.63. The summed E-state index contributed by atoms with van der Waals surface area (Å²) in [5, 5.41) is 1.67. The molecule has 0 fully saturated rings. The van der Waals surface area contributed by atoms with Gasteiger partial charge in [0, 0.05) is 12.4 Å². The second kappa shape index (κ2) is 5.93. The van der Waals surface area contributed by atoms with Crippen LogP contribution in [0.3, 0.4) is 0 Å². The number of fused-ring (bicyclic) bond motifs is 1. The Balaban J connectivity index is 1.91. The minimum Gasteiger partial charge on any atom is -0.485 e. The van der Waals surface area contributed by atoms with E-state index in [1.165, 1.54) is 12.4 Å². The number of benzene rings is 2. The highest BCUT2D eigenvalue weighted by atomic mass is 19.3. The van der Waals surface area contributed by atoms with Gasteiger partial charge in [0.05, 0.1) is 5.56 Å². The quantitative estimate of drug-likeness (QED) is 0.673. The molecule has 0 radical (unpaired) electrons. The van der Waals surface area contributed by atoms with Crippen molar-refractivity contribution in [1.82, 2.24) is 9.55 Å². The molecule has 2 aromatic carbocycles. The number of halogens is 2. The number of carbonyl (C=O) groups is 1. The van der Waals surface area contributed by atoms with Crippen LogP contribution in [0.4, 0.5) is 8.78 Å². The van der Waals surface area contributed by atoms with Crippen LogP contribution in [0, 0.1) is 0 Å². The van der Waals surface area contributed by atoms with Crippen molar-refractivity contribution in [2.45, 2.75) is 13.2 Å². The zero-order chi connectivity index (χ0) is 15.5. The Kier molecular flexibility index (Phi) is 3.82. The first kappa shape index (κ1) is 14.2. The van der Waals surface area contributed by atoms with Crippen LogP contribution in [0.15, 0.2) is 48.8 Å². The highest BCUT2D eigenvalue weighted by Crippen LogP contribution is 2.27. The Bertz CT molecular complexity index is 815. The molecule has 3 aromatic rings. The molecule has 0 aliphatic heterocycles. The van der Waals surface area contributed by atoms with E-state index < -0.39 is 6.55 Å². The molecular formula is C16H12F2N2O2. The molecule has 0 N–H and O–H groups in total. The third kappa shape index (κ3) is 2.55. The van der Waals surface area contributed by atoms with Gasteiger partial charge in [0.25, 0.3) is 0 Å². The van der Waals surface area contributed by atoms with Crippen LogP contribution < -0.4 is 4.74 Å². The maximum Gasteiger partial charge on any atom is 0.320 e. The first-order valence-corrected chi connectivity index (χ1v) is 6.60. The lowest BCUT2D eigenvalue weighted by Crippen LogP contribution is -2.08. The number of hydrogen-bond donors (Lipinski definition) is 0. The van der Waals surface area contributed by atoms with E-state index in [4.69, 9.17) is 4.74 Å². The predicted molar refractivity (Wildman–Crippen MR) is 77.1 cm³/mol. The van der Waals surface area contributed by atoms with Crippen molar-refractivity contribution in [2.75, 3.05) is 0 Å². The summed E-state index contributed by atoms with van der Waals surface area (Å²) in [5.41, 5.74) is 0.397. The standard InChI is InChI=1S/C16H12F2N2O2/c17-16(18)20-8-7-19-15(20)10-22-14-6-5-11-3-1-2-4-12(11)13(14)9-21/h1-9,16H,10H2. The number of aromatic nitrogens is 2. The summed E-state index contributed by atoms with van der Waals surface area (Å²) in [6, 6.07) is 10.9. The van der Waals surface area contributed by atoms with Gasteiger partial charge in [0.15, 0.2) is 12.1 Å². The van der Waals surface area contributed by atoms with Gasteiger partial charge in [-0.3, -0.25) is 9.36 Å². The Labute approximate surface area is 125 Å². The molecule has 0 saturated carbocycles. The van der Waals surface area contributed by atoms with Crippen LogP contribution in [0.5, 0.6) is 5.75 Å². The molecule has 112 valence electrons. The van der Waals surface area contributed by atoms with Crippen molar-refractivity contribution in [2.24, 2.45) is 0 Å². The van der Waals surface area contributed by atoms with Gasteiger partial charge in [-0.2, -0.15) is 8.78 Å². The molecule has 0 bridgehead atoms. The van der Waals surface area contributed by atoms with Crippen molar-refractivity contribution in [3.8, 4) is 5.75 Å². The second-order valence-corrected chi connectivity index (χ2v) is 4.63. The largest absolute Gasteiger partial charge is 0.485 e. The maximum absolute atomic E-state index is 12.8. The van der Waals surface area contributed by atoms with Crippen LogP contribution in [0.1, 0.15) is 22.7 Å². The summed E-state index contributed by atoms with van der Waals surface area (Å²) in [7, 11) is 0. The fraction of sp³-hybridized carbons (Fsp3) is 0.125. The summed E-state index contributed by atoms with van der Waals surface area (Å²) in [5.74, 6) is 0.442. The molecule has 0 aliphatic rings. The van der Waals surface area contributed by atoms with E-state index in [0.717, 1.165) is 15.3 Å². The van der Waals surface area contributed by atoms with Crippen LogP contribution in [0.25, 0.3) is 10.8 Å². The third-order valence-electron chi connectivity index (χ3n) is 3.36. The molecule has 6 heteroatoms. The van der Waals surface area contributed by atoms with Crippen LogP contribution in [0.2, 0.25) is 0 Å². The van der Waals surface area contributed by atoms with Crippen molar-refractivity contribution >= 4 is 17.1 Å². The summed E-state index contributed by atoms with van der Waals surface area (Å²) in [6.07, 6.45) is 3.17. The molecule has 1 heterocycles. The summed E-state index contributed by atoms with van der Waals surface area (Å²) >= 11 is 0. The maximum atomic E-state index is 12.8. The molecule has 0 spiro atoms. The molecule has 1 aromatic heterocycles. The number of rotatable bonds is 5. The molecule has 0 unspecified atom stereocenters. The van der Waals surface area contributed by atoms with Crippen molar-refractivity contribution in [1.29, 1.82) is 0 Å². The lowest BCUT2D eigenvalue weighted by Gasteiger charge is -2.11. The van der Waals surface area contributed by atoms with Crippen molar-refractivity contribution in [3.05, 3.63) is 60.2 Å². The zero-order valence-electron chi connectivity index (χ0n) is 11.4. The van der Waals surface area contributed by atoms with Gasteiger partial charge in [0.1, 0.15) is 12.4 Å². The van der Waals surface area contributed by atoms with Crippen LogP contribution in [-0.2, 0) is 6.61 Å². The van der Waals surface area contributed by atoms with Gasteiger partial charge in [0.2, 0.25) is 0 Å². The molecule has 0 saturated heterocycles. The van der Waals surface area contributed by atoms with E-state index in [-0.39, 0.29) is 12.4 Å². The van der Waals surface area contributed by atoms with E-state index in [1.54, 1.807) is 6.07 Å². The Morgan fingerprint density at radius 3 is 2.82 bits per heavy atom. The minimum absolute atomic E-state index is 0.0972. The van der Waals surface area contributed by atoms with Gasteiger partial charge in [-0.05, 0) is 16.8 Å². The summed E-state index contributed by atoms with van der Waals surface area (Å²) in [4.78, 5) is 15.2. The fourth-order valence-electron chi connectivity index (χ4n) is 2.30. The Morgan fingerprint density at radius 2 is 2.05 bits per heavy atom. The zero-order valence-corrected chi connectivity index (χ0v) is 11.4. The SMILES string of the molecule is O=Cc1c(OCc2nccn2C(F)F)ccc2ccccc12. The van der Waals surface area contributed by atoms with Crippen molar-refractivity contribution in [3.63, 3.8) is 0 Å². The number of hydrogen-bond acceptors (Lipinski definition) is 3. The lowest BCUT2D eigenvalue weighted by molar-refractivity contribution is 0.0631. The van der Waals surface area contributed by atoms with Crippen LogP contribution >= 0.6 is 0 Å². The number of carbonyl (C=O) groups excluding carboxylic acids is 1. The molecule has 0 amide bonds. The smallest absolute Gasteiger partial charge is 0.320 e. The molecule has 3 rings (SSSR count). The Morgan fingerprint density at radius 1 is 1.23 bits per heavy atom. The third-order valence-corrected chi connectivity index (χ3v) is 3.36. The molecular weight excluding hydrogens is 290 g/mol. The van der Waals surface area contributed by atoms with E-state index >= 15 is 0 Å². The topological polar surface area (TPSA) is 44.1 Å². The Hall–Kier alpha value is -2.76. The predicted octanol–water partition coefficient (Wildman–Crippen LogP) is 3.82. The molecule has 22 heavy (non-hydrogen) atoms. The lowest BCUT2D eigenvalue weighted by atomic mass is 10.0. The number of alkyl halides is 2. The number of aldehydes is 1. The molecule has 4 nitrogen and oxygen atoms in total. The van der Waals surface area contributed by atoms with Gasteiger partial charge in [-0.15, -0.1) is 0 Å². The molecule has 0 atom stereocenters. The highest BCUT2D eigenvalue weighted by molar-refractivity contribution is 6.00. The molecule has 0 aliphatic carbocycles. The monoisotopic (exact) mass is 302 g/mol. The number of imidazole rings is 1. The summed E-state index contributed by atoms with van der Waals surface area (Å²) in [6.45, 7) is -2.82. The van der Waals surface area contributed by atoms with Crippen molar-refractivity contribution < 1.29 is 18.3 Å². The number of nitrogens with zero attached hydrogens (tertiary/aromatic N) is 2. The van der Waals surface area contributed by atoms with E-state index in [9.17, 15) is 13.6 Å². The number of ether oxygens (including phenoxy) is 1. The van der Waals surface area contributed by atoms with Gasteiger partial charge < -0.3 is 4.74 Å².